The lowest BCUT2D eigenvalue weighted by Crippen LogP contribution is -2.50. The summed E-state index contributed by atoms with van der Waals surface area (Å²) >= 11 is 0. The number of benzene rings is 1. The van der Waals surface area contributed by atoms with Gasteiger partial charge >= 0.3 is 0 Å². The van der Waals surface area contributed by atoms with Crippen LogP contribution in [0.5, 0.6) is 0 Å². The van der Waals surface area contributed by atoms with E-state index in [4.69, 9.17) is 0 Å². The lowest BCUT2D eigenvalue weighted by molar-refractivity contribution is 0.0906. The molecule has 24 heavy (non-hydrogen) atoms. The number of aromatic nitrogens is 2. The fourth-order valence-electron chi connectivity index (χ4n) is 2.30. The summed E-state index contributed by atoms with van der Waals surface area (Å²) in [6.45, 7) is 11.5. The van der Waals surface area contributed by atoms with Crippen LogP contribution in [-0.4, -0.2) is 21.2 Å². The first kappa shape index (κ1) is 17.9. The number of carbonyl (C=O) groups excluding carboxylic acids is 1. The van der Waals surface area contributed by atoms with Gasteiger partial charge in [0.05, 0.1) is 5.69 Å². The first-order valence-electron chi connectivity index (χ1n) is 7.84. The van der Waals surface area contributed by atoms with Crippen LogP contribution in [0.2, 0.25) is 0 Å². The van der Waals surface area contributed by atoms with Gasteiger partial charge in [0, 0.05) is 17.3 Å². The van der Waals surface area contributed by atoms with Crippen LogP contribution in [0.25, 0.3) is 5.69 Å². The predicted octanol–water partition coefficient (Wildman–Crippen LogP) is 2.19. The first-order chi connectivity index (χ1) is 11.1. The van der Waals surface area contributed by atoms with Gasteiger partial charge in [-0.2, -0.15) is 5.10 Å². The quantitative estimate of drug-likeness (QED) is 0.847. The van der Waals surface area contributed by atoms with Crippen molar-refractivity contribution in [2.75, 3.05) is 0 Å². The highest BCUT2D eigenvalue weighted by molar-refractivity contribution is 5.91. The van der Waals surface area contributed by atoms with Crippen molar-refractivity contribution >= 4 is 5.91 Å². The van der Waals surface area contributed by atoms with Crippen LogP contribution >= 0.6 is 0 Å². The van der Waals surface area contributed by atoms with E-state index < -0.39 is 11.3 Å². The first-order valence-corrected chi connectivity index (χ1v) is 7.84. The minimum atomic E-state index is -0.548. The summed E-state index contributed by atoms with van der Waals surface area (Å²) in [5.74, 6) is -0.548. The highest BCUT2D eigenvalue weighted by atomic mass is 16.2. The maximum absolute atomic E-state index is 12.3. The summed E-state index contributed by atoms with van der Waals surface area (Å²) in [6, 6.07) is 7.38. The summed E-state index contributed by atoms with van der Waals surface area (Å²) in [5.41, 5.74) is 8.21. The van der Waals surface area contributed by atoms with Crippen LogP contribution < -0.4 is 16.3 Å². The van der Waals surface area contributed by atoms with Crippen LogP contribution in [0.1, 0.15) is 48.1 Å². The third-order valence-electron chi connectivity index (χ3n) is 3.45. The van der Waals surface area contributed by atoms with E-state index in [0.717, 1.165) is 16.8 Å². The predicted molar refractivity (Wildman–Crippen MR) is 94.4 cm³/mol. The van der Waals surface area contributed by atoms with Gasteiger partial charge in [0.2, 0.25) is 5.43 Å². The number of aryl methyl sites for hydroxylation is 3. The second-order valence-corrected chi connectivity index (χ2v) is 7.03. The third-order valence-corrected chi connectivity index (χ3v) is 3.45. The molecule has 0 atom stereocenters. The summed E-state index contributed by atoms with van der Waals surface area (Å²) in [4.78, 5) is 24.5. The Labute approximate surface area is 141 Å². The number of hydrogen-bond donors (Lipinski definition) is 2. The van der Waals surface area contributed by atoms with E-state index in [0.29, 0.717) is 5.69 Å². The van der Waals surface area contributed by atoms with Crippen LogP contribution in [0, 0.1) is 20.8 Å². The zero-order chi connectivity index (χ0) is 18.1. The van der Waals surface area contributed by atoms with E-state index in [-0.39, 0.29) is 11.2 Å². The van der Waals surface area contributed by atoms with Gasteiger partial charge in [0.1, 0.15) is 0 Å². The molecule has 0 bridgehead atoms. The van der Waals surface area contributed by atoms with Gasteiger partial charge in [-0.3, -0.25) is 15.0 Å². The van der Waals surface area contributed by atoms with Crippen LogP contribution in [0.3, 0.4) is 0 Å². The molecule has 1 aromatic carbocycles. The van der Waals surface area contributed by atoms with Gasteiger partial charge in [-0.25, -0.2) is 10.1 Å². The van der Waals surface area contributed by atoms with Crippen molar-refractivity contribution in [1.29, 1.82) is 0 Å². The van der Waals surface area contributed by atoms with Crippen molar-refractivity contribution in [3.05, 3.63) is 57.0 Å². The minimum Gasteiger partial charge on any atom is -0.287 e. The fraction of sp³-hybridized carbons (Fsp3) is 0.389. The molecule has 1 heterocycles. The highest BCUT2D eigenvalue weighted by Gasteiger charge is 2.18. The monoisotopic (exact) mass is 328 g/mol. The molecule has 1 aromatic heterocycles. The van der Waals surface area contributed by atoms with E-state index in [1.54, 1.807) is 11.6 Å². The fourth-order valence-corrected chi connectivity index (χ4v) is 2.30. The molecule has 128 valence electrons. The number of nitrogens with zero attached hydrogens (tertiary/aromatic N) is 2. The van der Waals surface area contributed by atoms with Crippen molar-refractivity contribution in [3.63, 3.8) is 0 Å². The van der Waals surface area contributed by atoms with Gasteiger partial charge in [0.15, 0.2) is 5.69 Å². The summed E-state index contributed by atoms with van der Waals surface area (Å²) in [7, 11) is 0. The van der Waals surface area contributed by atoms with Crippen molar-refractivity contribution in [3.8, 4) is 5.69 Å². The smallest absolute Gasteiger partial charge is 0.287 e. The Morgan fingerprint density at radius 1 is 1.12 bits per heavy atom. The number of carbonyl (C=O) groups is 1. The molecule has 1 amide bonds. The Morgan fingerprint density at radius 3 is 2.38 bits per heavy atom. The van der Waals surface area contributed by atoms with E-state index in [9.17, 15) is 9.59 Å². The van der Waals surface area contributed by atoms with E-state index >= 15 is 0 Å². The molecule has 0 fully saturated rings. The largest absolute Gasteiger partial charge is 0.289 e. The van der Waals surface area contributed by atoms with Crippen molar-refractivity contribution in [2.24, 2.45) is 0 Å². The molecule has 0 aliphatic rings. The van der Waals surface area contributed by atoms with Crippen LogP contribution in [-0.2, 0) is 0 Å². The van der Waals surface area contributed by atoms with Gasteiger partial charge in [-0.1, -0.05) is 17.7 Å². The SMILES string of the molecule is Cc1ccc(-n2nc(C(=O)NNC(C)(C)C)c(=O)cc2C)c(C)c1. The molecule has 2 rings (SSSR count). The van der Waals surface area contributed by atoms with E-state index in [1.165, 1.54) is 6.07 Å². The molecule has 0 saturated carbocycles. The molecule has 0 radical (unpaired) electrons. The number of amides is 1. The summed E-state index contributed by atoms with van der Waals surface area (Å²) < 4.78 is 1.63. The molecule has 0 aliphatic heterocycles. The highest BCUT2D eigenvalue weighted by Crippen LogP contribution is 2.16. The maximum Gasteiger partial charge on any atom is 0.289 e. The van der Waals surface area contributed by atoms with Gasteiger partial charge in [-0.15, -0.1) is 0 Å². The summed E-state index contributed by atoms with van der Waals surface area (Å²) in [5, 5.41) is 4.29. The average molecular weight is 328 g/mol. The van der Waals surface area contributed by atoms with Crippen LogP contribution in [0.15, 0.2) is 29.1 Å². The Balaban J connectivity index is 2.45. The standard InChI is InChI=1S/C18H24N4O2/c1-11-7-8-14(12(2)9-11)22-13(3)10-15(23)16(20-22)17(24)19-21-18(4,5)6/h7-10,21H,1-6H3,(H,19,24). The zero-order valence-corrected chi connectivity index (χ0v) is 15.0. The number of hydrazine groups is 1. The summed E-state index contributed by atoms with van der Waals surface area (Å²) in [6.07, 6.45) is 0. The zero-order valence-electron chi connectivity index (χ0n) is 15.0. The molecule has 2 N–H and O–H groups in total. The second kappa shape index (κ2) is 6.57. The van der Waals surface area contributed by atoms with Gasteiger partial charge < -0.3 is 0 Å². The number of rotatable bonds is 3. The average Bonchev–Trinajstić information content (AvgIpc) is 2.45. The molecule has 2 aromatic rings. The van der Waals surface area contributed by atoms with Crippen LogP contribution in [0.4, 0.5) is 0 Å². The minimum absolute atomic E-state index is 0.141. The van der Waals surface area contributed by atoms with Crippen molar-refractivity contribution < 1.29 is 4.79 Å². The molecule has 6 heteroatoms. The molecular weight excluding hydrogens is 304 g/mol. The normalized spacial score (nSPS) is 11.4. The third kappa shape index (κ3) is 4.08. The van der Waals surface area contributed by atoms with Crippen molar-refractivity contribution in [2.45, 2.75) is 47.1 Å². The topological polar surface area (TPSA) is 76.0 Å². The number of hydrogen-bond acceptors (Lipinski definition) is 4. The lowest BCUT2D eigenvalue weighted by Gasteiger charge is -2.21. The molecule has 0 saturated heterocycles. The maximum atomic E-state index is 12.3. The van der Waals surface area contributed by atoms with Crippen molar-refractivity contribution in [1.82, 2.24) is 20.6 Å². The Bertz CT molecular complexity index is 832. The van der Waals surface area contributed by atoms with Gasteiger partial charge in [0.25, 0.3) is 5.91 Å². The molecular formula is C18H24N4O2. The molecule has 0 spiro atoms. The Hall–Kier alpha value is -2.47. The van der Waals surface area contributed by atoms with Gasteiger partial charge in [-0.05, 0) is 53.2 Å². The lowest BCUT2D eigenvalue weighted by atomic mass is 10.1. The Morgan fingerprint density at radius 2 is 1.79 bits per heavy atom. The molecule has 6 nitrogen and oxygen atoms in total. The number of nitrogens with one attached hydrogen (secondary N) is 2. The second-order valence-electron chi connectivity index (χ2n) is 7.03. The Kier molecular flexibility index (Phi) is 4.89. The molecule has 0 aliphatic carbocycles. The molecule has 0 unspecified atom stereocenters. The van der Waals surface area contributed by atoms with E-state index in [2.05, 4.69) is 16.0 Å². The van der Waals surface area contributed by atoms with E-state index in [1.807, 2.05) is 52.8 Å².